The number of aryl methyl sites for hydroxylation is 1. The van der Waals surface area contributed by atoms with Gasteiger partial charge in [-0.15, -0.1) is 0 Å². The van der Waals surface area contributed by atoms with E-state index >= 15 is 0 Å². The second-order valence-corrected chi connectivity index (χ2v) is 4.49. The number of nitrogens with two attached hydrogens (primary N) is 1. The summed E-state index contributed by atoms with van der Waals surface area (Å²) in [7, 11) is 1.93. The second-order valence-electron chi connectivity index (χ2n) is 4.49. The van der Waals surface area contributed by atoms with E-state index in [0.29, 0.717) is 12.5 Å². The van der Waals surface area contributed by atoms with E-state index in [9.17, 15) is 0 Å². The van der Waals surface area contributed by atoms with Crippen molar-refractivity contribution >= 4 is 0 Å². The predicted molar refractivity (Wildman–Crippen MR) is 64.2 cm³/mol. The van der Waals surface area contributed by atoms with Crippen LogP contribution in [0.25, 0.3) is 0 Å². The fraction of sp³-hybridized carbons (Fsp3) is 0.545. The molecule has 2 aromatic rings. The molecule has 0 fully saturated rings. The Kier molecular flexibility index (Phi) is 3.23. The van der Waals surface area contributed by atoms with Gasteiger partial charge in [-0.05, 0) is 13.8 Å². The molecule has 1 atom stereocenters. The maximum absolute atomic E-state index is 6.11. The summed E-state index contributed by atoms with van der Waals surface area (Å²) in [4.78, 5) is 8.50. The third-order valence-electron chi connectivity index (χ3n) is 2.64. The smallest absolute Gasteiger partial charge is 0.138 e. The zero-order valence-electron chi connectivity index (χ0n) is 10.4. The molecule has 0 aromatic carbocycles. The maximum Gasteiger partial charge on any atom is 0.138 e. The van der Waals surface area contributed by atoms with E-state index in [2.05, 4.69) is 28.9 Å². The lowest BCUT2D eigenvalue weighted by molar-refractivity contribution is 0.492. The molecule has 0 radical (unpaired) electrons. The van der Waals surface area contributed by atoms with E-state index < -0.39 is 0 Å². The van der Waals surface area contributed by atoms with Crippen molar-refractivity contribution in [2.45, 2.75) is 32.4 Å². The SMILES string of the molecule is CC(C)n1ncnc1CC(N)c1cn(C)cn1. The van der Waals surface area contributed by atoms with Crippen molar-refractivity contribution in [1.82, 2.24) is 24.3 Å². The second kappa shape index (κ2) is 4.67. The van der Waals surface area contributed by atoms with Crippen molar-refractivity contribution in [3.05, 3.63) is 30.4 Å². The van der Waals surface area contributed by atoms with Crippen LogP contribution in [0.3, 0.4) is 0 Å². The summed E-state index contributed by atoms with van der Waals surface area (Å²) in [6, 6.07) is 0.154. The van der Waals surface area contributed by atoms with Crippen LogP contribution >= 0.6 is 0 Å². The highest BCUT2D eigenvalue weighted by molar-refractivity contribution is 5.06. The molecular formula is C11H18N6. The van der Waals surface area contributed by atoms with Crippen LogP contribution in [0.2, 0.25) is 0 Å². The fourth-order valence-electron chi connectivity index (χ4n) is 1.78. The van der Waals surface area contributed by atoms with Gasteiger partial charge < -0.3 is 10.3 Å². The van der Waals surface area contributed by atoms with Crippen molar-refractivity contribution in [2.75, 3.05) is 0 Å². The molecule has 0 aliphatic rings. The lowest BCUT2D eigenvalue weighted by Crippen LogP contribution is -2.18. The minimum atomic E-state index is -0.141. The molecule has 2 aromatic heterocycles. The average Bonchev–Trinajstić information content (AvgIpc) is 2.86. The monoisotopic (exact) mass is 234 g/mol. The van der Waals surface area contributed by atoms with Crippen LogP contribution in [-0.4, -0.2) is 24.3 Å². The van der Waals surface area contributed by atoms with Crippen molar-refractivity contribution < 1.29 is 0 Å². The standard InChI is InChI=1S/C11H18N6/c1-8(2)17-11(13-6-15-17)4-9(12)10-5-16(3)7-14-10/h5-9H,4,12H2,1-3H3. The van der Waals surface area contributed by atoms with Crippen molar-refractivity contribution in [1.29, 1.82) is 0 Å². The molecule has 92 valence electrons. The number of imidazole rings is 1. The highest BCUT2D eigenvalue weighted by atomic mass is 15.3. The van der Waals surface area contributed by atoms with Gasteiger partial charge in [-0.1, -0.05) is 0 Å². The highest BCUT2D eigenvalue weighted by Crippen LogP contribution is 2.14. The first-order valence-corrected chi connectivity index (χ1v) is 5.69. The van der Waals surface area contributed by atoms with Crippen LogP contribution in [0, 0.1) is 0 Å². The van der Waals surface area contributed by atoms with E-state index in [1.54, 1.807) is 12.7 Å². The van der Waals surface area contributed by atoms with E-state index in [-0.39, 0.29) is 6.04 Å². The zero-order chi connectivity index (χ0) is 12.4. The lowest BCUT2D eigenvalue weighted by Gasteiger charge is -2.12. The van der Waals surface area contributed by atoms with E-state index in [1.165, 1.54) is 0 Å². The molecule has 17 heavy (non-hydrogen) atoms. The van der Waals surface area contributed by atoms with Gasteiger partial charge >= 0.3 is 0 Å². The molecule has 2 N–H and O–H groups in total. The van der Waals surface area contributed by atoms with Gasteiger partial charge in [-0.2, -0.15) is 5.10 Å². The summed E-state index contributed by atoms with van der Waals surface area (Å²) >= 11 is 0. The first-order chi connectivity index (χ1) is 8.08. The topological polar surface area (TPSA) is 74.6 Å². The normalized spacial score (nSPS) is 13.2. The van der Waals surface area contributed by atoms with Crippen LogP contribution in [0.15, 0.2) is 18.9 Å². The molecule has 0 saturated heterocycles. The van der Waals surface area contributed by atoms with Crippen molar-refractivity contribution in [2.24, 2.45) is 12.8 Å². The molecule has 2 rings (SSSR count). The number of hydrogen-bond donors (Lipinski definition) is 1. The van der Waals surface area contributed by atoms with Crippen LogP contribution in [0.5, 0.6) is 0 Å². The first-order valence-electron chi connectivity index (χ1n) is 5.69. The van der Waals surface area contributed by atoms with E-state index in [0.717, 1.165) is 11.5 Å². The maximum atomic E-state index is 6.11. The summed E-state index contributed by atoms with van der Waals surface area (Å²) in [5.41, 5.74) is 6.99. The largest absolute Gasteiger partial charge is 0.340 e. The molecule has 6 heteroatoms. The Morgan fingerprint density at radius 3 is 2.71 bits per heavy atom. The van der Waals surface area contributed by atoms with Gasteiger partial charge in [0, 0.05) is 25.7 Å². The molecule has 0 aliphatic carbocycles. The van der Waals surface area contributed by atoms with Gasteiger partial charge in [-0.3, -0.25) is 0 Å². The third-order valence-corrected chi connectivity index (χ3v) is 2.64. The Morgan fingerprint density at radius 2 is 2.12 bits per heavy atom. The molecule has 0 saturated carbocycles. The van der Waals surface area contributed by atoms with Crippen LogP contribution in [-0.2, 0) is 13.5 Å². The summed E-state index contributed by atoms with van der Waals surface area (Å²) < 4.78 is 3.78. The Hall–Kier alpha value is -1.69. The molecular weight excluding hydrogens is 216 g/mol. The summed E-state index contributed by atoms with van der Waals surface area (Å²) in [6.45, 7) is 4.15. The molecule has 6 nitrogen and oxygen atoms in total. The van der Waals surface area contributed by atoms with Crippen molar-refractivity contribution in [3.63, 3.8) is 0 Å². The Labute approximate surface area is 100 Å². The van der Waals surface area contributed by atoms with Gasteiger partial charge in [0.15, 0.2) is 0 Å². The van der Waals surface area contributed by atoms with Crippen molar-refractivity contribution in [3.8, 4) is 0 Å². The average molecular weight is 234 g/mol. The van der Waals surface area contributed by atoms with Crippen LogP contribution in [0.1, 0.15) is 37.4 Å². The summed E-state index contributed by atoms with van der Waals surface area (Å²) in [6.07, 6.45) is 5.90. The first kappa shape index (κ1) is 11.8. The Morgan fingerprint density at radius 1 is 1.35 bits per heavy atom. The number of aromatic nitrogens is 5. The lowest BCUT2D eigenvalue weighted by atomic mass is 10.1. The molecule has 0 aliphatic heterocycles. The molecule has 2 heterocycles. The van der Waals surface area contributed by atoms with Crippen LogP contribution < -0.4 is 5.73 Å². The van der Waals surface area contributed by atoms with E-state index in [1.807, 2.05) is 22.5 Å². The third kappa shape index (κ3) is 2.52. The molecule has 0 bridgehead atoms. The fourth-order valence-corrected chi connectivity index (χ4v) is 1.78. The minimum Gasteiger partial charge on any atom is -0.340 e. The molecule has 0 amide bonds. The van der Waals surface area contributed by atoms with Crippen LogP contribution in [0.4, 0.5) is 0 Å². The zero-order valence-corrected chi connectivity index (χ0v) is 10.4. The Bertz CT molecular complexity index is 484. The van der Waals surface area contributed by atoms with Gasteiger partial charge in [0.25, 0.3) is 0 Å². The van der Waals surface area contributed by atoms with Gasteiger partial charge in [0.2, 0.25) is 0 Å². The predicted octanol–water partition coefficient (Wildman–Crippen LogP) is 0.835. The highest BCUT2D eigenvalue weighted by Gasteiger charge is 2.15. The van der Waals surface area contributed by atoms with Gasteiger partial charge in [-0.25, -0.2) is 14.6 Å². The number of nitrogens with zero attached hydrogens (tertiary/aromatic N) is 5. The summed E-state index contributed by atoms with van der Waals surface area (Å²) in [5, 5.41) is 4.19. The minimum absolute atomic E-state index is 0.141. The number of hydrogen-bond acceptors (Lipinski definition) is 4. The Balaban J connectivity index is 2.13. The molecule has 0 spiro atoms. The molecule has 1 unspecified atom stereocenters. The van der Waals surface area contributed by atoms with Gasteiger partial charge in [0.05, 0.1) is 18.1 Å². The quantitative estimate of drug-likeness (QED) is 0.850. The number of rotatable bonds is 4. The summed E-state index contributed by atoms with van der Waals surface area (Å²) in [5.74, 6) is 0.901. The van der Waals surface area contributed by atoms with E-state index in [4.69, 9.17) is 5.73 Å². The van der Waals surface area contributed by atoms with Gasteiger partial charge in [0.1, 0.15) is 12.2 Å².